The second kappa shape index (κ2) is 4.33. The molecule has 0 radical (unpaired) electrons. The first-order valence-corrected chi connectivity index (χ1v) is 6.36. The van der Waals surface area contributed by atoms with Crippen molar-refractivity contribution in [2.45, 2.75) is 31.6 Å². The van der Waals surface area contributed by atoms with Crippen LogP contribution >= 0.6 is 0 Å². The quantitative estimate of drug-likeness (QED) is 0.844. The van der Waals surface area contributed by atoms with E-state index in [1.807, 2.05) is 11.8 Å². The molecule has 2 fully saturated rings. The first kappa shape index (κ1) is 12.7. The lowest BCUT2D eigenvalue weighted by Gasteiger charge is -2.27. The first-order valence-electron chi connectivity index (χ1n) is 6.36. The Balaban J connectivity index is 1.93. The Labute approximate surface area is 109 Å². The average Bonchev–Trinajstić information content (AvgIpc) is 2.87. The van der Waals surface area contributed by atoms with Gasteiger partial charge in [-0.15, -0.1) is 0 Å². The van der Waals surface area contributed by atoms with Crippen LogP contribution in [0.4, 0.5) is 19.1 Å². The summed E-state index contributed by atoms with van der Waals surface area (Å²) in [4.78, 5) is 9.66. The van der Waals surface area contributed by atoms with Crippen LogP contribution in [0.3, 0.4) is 0 Å². The molecule has 104 valence electrons. The van der Waals surface area contributed by atoms with Gasteiger partial charge in [0.1, 0.15) is 5.69 Å². The SMILES string of the molecule is C[C@H]1C[C@H]2CNC[C@H]2N1c1nccc(C(F)(F)F)n1. The Morgan fingerprint density at radius 2 is 2.16 bits per heavy atom. The van der Waals surface area contributed by atoms with Gasteiger partial charge in [-0.05, 0) is 25.3 Å². The summed E-state index contributed by atoms with van der Waals surface area (Å²) in [5, 5.41) is 3.27. The first-order chi connectivity index (χ1) is 8.97. The lowest BCUT2D eigenvalue weighted by molar-refractivity contribution is -0.141. The van der Waals surface area contributed by atoms with E-state index in [-0.39, 0.29) is 18.0 Å². The van der Waals surface area contributed by atoms with Crippen LogP contribution < -0.4 is 10.2 Å². The van der Waals surface area contributed by atoms with E-state index >= 15 is 0 Å². The van der Waals surface area contributed by atoms with Crippen LogP contribution in [-0.4, -0.2) is 35.1 Å². The van der Waals surface area contributed by atoms with Crippen molar-refractivity contribution in [1.82, 2.24) is 15.3 Å². The summed E-state index contributed by atoms with van der Waals surface area (Å²) in [5.41, 5.74) is -0.876. The molecule has 2 aliphatic heterocycles. The number of aromatic nitrogens is 2. The lowest BCUT2D eigenvalue weighted by atomic mass is 10.0. The van der Waals surface area contributed by atoms with Gasteiger partial charge in [-0.2, -0.15) is 13.2 Å². The van der Waals surface area contributed by atoms with Gasteiger partial charge in [0.15, 0.2) is 0 Å². The van der Waals surface area contributed by atoms with Crippen molar-refractivity contribution in [2.75, 3.05) is 18.0 Å². The van der Waals surface area contributed by atoms with Gasteiger partial charge >= 0.3 is 6.18 Å². The third-order valence-corrected chi connectivity index (χ3v) is 3.94. The van der Waals surface area contributed by atoms with Crippen LogP contribution in [0.5, 0.6) is 0 Å². The number of nitrogens with one attached hydrogen (secondary N) is 1. The Morgan fingerprint density at radius 1 is 1.37 bits per heavy atom. The third-order valence-electron chi connectivity index (χ3n) is 3.94. The average molecular weight is 272 g/mol. The maximum absolute atomic E-state index is 12.7. The predicted octanol–water partition coefficient (Wildman–Crippen LogP) is 1.68. The molecule has 0 amide bonds. The molecule has 0 aliphatic carbocycles. The molecule has 3 atom stereocenters. The van der Waals surface area contributed by atoms with Gasteiger partial charge < -0.3 is 10.2 Å². The van der Waals surface area contributed by atoms with Crippen molar-refractivity contribution in [3.63, 3.8) is 0 Å². The van der Waals surface area contributed by atoms with E-state index in [9.17, 15) is 13.2 Å². The number of alkyl halides is 3. The molecule has 1 aromatic rings. The van der Waals surface area contributed by atoms with Crippen LogP contribution in [0.2, 0.25) is 0 Å². The number of halogens is 3. The summed E-state index contributed by atoms with van der Waals surface area (Å²) in [6.45, 7) is 3.72. The summed E-state index contributed by atoms with van der Waals surface area (Å²) < 4.78 is 38.1. The second-order valence-electron chi connectivity index (χ2n) is 5.22. The fraction of sp³-hybridized carbons (Fsp3) is 0.667. The minimum atomic E-state index is -4.42. The molecule has 0 aromatic carbocycles. The minimum Gasteiger partial charge on any atom is -0.334 e. The van der Waals surface area contributed by atoms with Crippen molar-refractivity contribution in [2.24, 2.45) is 5.92 Å². The van der Waals surface area contributed by atoms with E-state index < -0.39 is 11.9 Å². The summed E-state index contributed by atoms with van der Waals surface area (Å²) in [6.07, 6.45) is -2.27. The molecule has 0 spiro atoms. The monoisotopic (exact) mass is 272 g/mol. The van der Waals surface area contributed by atoms with Crippen LogP contribution in [0.1, 0.15) is 19.0 Å². The molecule has 0 saturated carbocycles. The number of hydrogen-bond acceptors (Lipinski definition) is 4. The molecule has 3 rings (SSSR count). The molecular weight excluding hydrogens is 257 g/mol. The van der Waals surface area contributed by atoms with Crippen molar-refractivity contribution in [1.29, 1.82) is 0 Å². The standard InChI is InChI=1S/C12H15F3N4/c1-7-4-8-5-16-6-9(8)19(7)11-17-3-2-10(18-11)12(13,14)15/h2-3,7-9,16H,4-6H2,1H3/t7-,8-,9+/m0/s1. The summed E-state index contributed by atoms with van der Waals surface area (Å²) in [7, 11) is 0. The van der Waals surface area contributed by atoms with E-state index in [2.05, 4.69) is 15.3 Å². The molecule has 2 saturated heterocycles. The van der Waals surface area contributed by atoms with E-state index in [0.29, 0.717) is 5.92 Å². The van der Waals surface area contributed by atoms with E-state index in [0.717, 1.165) is 25.6 Å². The molecule has 7 heteroatoms. The lowest BCUT2D eigenvalue weighted by Crippen LogP contribution is -2.39. The predicted molar refractivity (Wildman–Crippen MR) is 63.7 cm³/mol. The molecule has 4 nitrogen and oxygen atoms in total. The smallest absolute Gasteiger partial charge is 0.334 e. The van der Waals surface area contributed by atoms with E-state index in [1.165, 1.54) is 6.20 Å². The molecule has 3 heterocycles. The fourth-order valence-electron chi connectivity index (χ4n) is 3.14. The van der Waals surface area contributed by atoms with Crippen molar-refractivity contribution in [3.8, 4) is 0 Å². The van der Waals surface area contributed by atoms with Gasteiger partial charge in [-0.1, -0.05) is 0 Å². The molecule has 1 N–H and O–H groups in total. The zero-order chi connectivity index (χ0) is 13.6. The van der Waals surface area contributed by atoms with Gasteiger partial charge in [-0.3, -0.25) is 0 Å². The molecule has 1 aromatic heterocycles. The van der Waals surface area contributed by atoms with Gasteiger partial charge in [-0.25, -0.2) is 9.97 Å². The van der Waals surface area contributed by atoms with Crippen molar-refractivity contribution in [3.05, 3.63) is 18.0 Å². The Hall–Kier alpha value is -1.37. The van der Waals surface area contributed by atoms with Gasteiger partial charge in [0, 0.05) is 31.4 Å². The number of fused-ring (bicyclic) bond motifs is 1. The zero-order valence-electron chi connectivity index (χ0n) is 10.5. The fourth-order valence-corrected chi connectivity index (χ4v) is 3.14. The highest BCUT2D eigenvalue weighted by Gasteiger charge is 2.43. The Bertz CT molecular complexity index is 476. The Kier molecular flexibility index (Phi) is 2.88. The van der Waals surface area contributed by atoms with Crippen LogP contribution in [0, 0.1) is 5.92 Å². The molecule has 0 bridgehead atoms. The highest BCUT2D eigenvalue weighted by molar-refractivity contribution is 5.38. The Morgan fingerprint density at radius 3 is 2.89 bits per heavy atom. The van der Waals surface area contributed by atoms with Crippen LogP contribution in [0.15, 0.2) is 12.3 Å². The third kappa shape index (κ3) is 2.16. The molecule has 19 heavy (non-hydrogen) atoms. The molecule has 2 aliphatic rings. The van der Waals surface area contributed by atoms with E-state index in [1.54, 1.807) is 0 Å². The topological polar surface area (TPSA) is 41.0 Å². The highest BCUT2D eigenvalue weighted by atomic mass is 19.4. The van der Waals surface area contributed by atoms with Crippen molar-refractivity contribution >= 4 is 5.95 Å². The summed E-state index contributed by atoms with van der Waals surface area (Å²) in [6, 6.07) is 1.30. The normalized spacial score (nSPS) is 30.7. The van der Waals surface area contributed by atoms with Gasteiger partial charge in [0.05, 0.1) is 0 Å². The van der Waals surface area contributed by atoms with Gasteiger partial charge in [0.25, 0.3) is 0 Å². The maximum Gasteiger partial charge on any atom is 0.433 e. The van der Waals surface area contributed by atoms with Crippen molar-refractivity contribution < 1.29 is 13.2 Å². The van der Waals surface area contributed by atoms with E-state index in [4.69, 9.17) is 0 Å². The highest BCUT2D eigenvalue weighted by Crippen LogP contribution is 2.35. The number of anilines is 1. The molecular formula is C12H15F3N4. The second-order valence-corrected chi connectivity index (χ2v) is 5.22. The number of nitrogens with zero attached hydrogens (tertiary/aromatic N) is 3. The van der Waals surface area contributed by atoms with Crippen LogP contribution in [0.25, 0.3) is 0 Å². The zero-order valence-corrected chi connectivity index (χ0v) is 10.5. The maximum atomic E-state index is 12.7. The van der Waals surface area contributed by atoms with Gasteiger partial charge in [0.2, 0.25) is 5.95 Å². The summed E-state index contributed by atoms with van der Waals surface area (Å²) >= 11 is 0. The molecule has 0 unspecified atom stereocenters. The summed E-state index contributed by atoms with van der Waals surface area (Å²) in [5.74, 6) is 0.673. The largest absolute Gasteiger partial charge is 0.433 e. The number of rotatable bonds is 1. The number of hydrogen-bond donors (Lipinski definition) is 1. The van der Waals surface area contributed by atoms with Crippen LogP contribution in [-0.2, 0) is 6.18 Å². The minimum absolute atomic E-state index is 0.181.